The molecule has 1 heterocycles. The van der Waals surface area contributed by atoms with Gasteiger partial charge in [0.05, 0.1) is 10.6 Å². The van der Waals surface area contributed by atoms with Crippen LogP contribution in [0.2, 0.25) is 0 Å². The number of nitrogens with zero attached hydrogens (tertiary/aromatic N) is 2. The predicted molar refractivity (Wildman–Crippen MR) is 79.3 cm³/mol. The summed E-state index contributed by atoms with van der Waals surface area (Å²) in [4.78, 5) is 1.16. The summed E-state index contributed by atoms with van der Waals surface area (Å²) in [5, 5.41) is 7.58. The molecule has 19 heavy (non-hydrogen) atoms. The second-order valence-corrected chi connectivity index (χ2v) is 7.76. The fourth-order valence-corrected chi connectivity index (χ4v) is 3.51. The lowest BCUT2D eigenvalue weighted by Crippen LogP contribution is -2.22. The molecule has 0 aliphatic heterocycles. The fraction of sp³-hybridized carbons (Fsp3) is 0.833. The van der Waals surface area contributed by atoms with Crippen LogP contribution in [0.1, 0.15) is 49.7 Å². The Hall–Kier alpha value is -0.530. The first-order chi connectivity index (χ1) is 8.98. The normalized spacial score (nSPS) is 13.6. The van der Waals surface area contributed by atoms with E-state index in [1.807, 2.05) is 0 Å². The van der Waals surface area contributed by atoms with Crippen LogP contribution in [-0.2, 0) is 16.3 Å². The van der Waals surface area contributed by atoms with Gasteiger partial charge in [0.2, 0.25) is 0 Å². The number of rotatable bonds is 9. The Balaban J connectivity index is 2.68. The minimum atomic E-state index is -2.88. The Morgan fingerprint density at radius 2 is 2.11 bits per heavy atom. The molecule has 0 radical (unpaired) electrons. The van der Waals surface area contributed by atoms with E-state index >= 15 is 0 Å². The maximum atomic E-state index is 11.2. The van der Waals surface area contributed by atoms with E-state index in [4.69, 9.17) is 0 Å². The maximum Gasteiger partial charge on any atom is 0.147 e. The second-order valence-electron chi connectivity index (χ2n) is 4.72. The molecule has 0 aliphatic carbocycles. The largest absolute Gasteiger partial charge is 0.309 e. The van der Waals surface area contributed by atoms with Crippen molar-refractivity contribution in [1.29, 1.82) is 0 Å². The van der Waals surface area contributed by atoms with Gasteiger partial charge < -0.3 is 5.32 Å². The molecule has 7 heteroatoms. The summed E-state index contributed by atoms with van der Waals surface area (Å²) in [6.45, 7) is 5.03. The van der Waals surface area contributed by atoms with Gasteiger partial charge in [-0.1, -0.05) is 24.8 Å². The van der Waals surface area contributed by atoms with Gasteiger partial charge in [-0.2, -0.15) is 0 Å². The summed E-state index contributed by atoms with van der Waals surface area (Å²) >= 11 is 1.42. The van der Waals surface area contributed by atoms with Crippen molar-refractivity contribution >= 4 is 21.4 Å². The lowest BCUT2D eigenvalue weighted by Gasteiger charge is -2.16. The van der Waals surface area contributed by atoms with Gasteiger partial charge in [0.25, 0.3) is 0 Å². The van der Waals surface area contributed by atoms with Crippen LogP contribution in [0.4, 0.5) is 0 Å². The number of aromatic nitrogens is 2. The van der Waals surface area contributed by atoms with Crippen LogP contribution in [0, 0.1) is 0 Å². The van der Waals surface area contributed by atoms with E-state index in [0.29, 0.717) is 6.42 Å². The molecular weight excluding hydrogens is 282 g/mol. The van der Waals surface area contributed by atoms with E-state index in [-0.39, 0.29) is 11.8 Å². The smallest absolute Gasteiger partial charge is 0.147 e. The molecule has 5 nitrogen and oxygen atoms in total. The third-order valence-electron chi connectivity index (χ3n) is 2.85. The summed E-state index contributed by atoms with van der Waals surface area (Å²) in [7, 11) is -2.88. The molecule has 0 aliphatic rings. The molecule has 1 rings (SSSR count). The van der Waals surface area contributed by atoms with Crippen molar-refractivity contribution in [3.05, 3.63) is 10.6 Å². The minimum Gasteiger partial charge on any atom is -0.309 e. The molecule has 0 aromatic carbocycles. The maximum absolute atomic E-state index is 11.2. The summed E-state index contributed by atoms with van der Waals surface area (Å²) in [5.41, 5.74) is 1.05. The number of aryl methyl sites for hydroxylation is 1. The molecule has 0 saturated carbocycles. The second kappa shape index (κ2) is 7.91. The molecule has 0 saturated heterocycles. The van der Waals surface area contributed by atoms with E-state index in [9.17, 15) is 8.42 Å². The SMILES string of the molecule is CCCc1nnsc1C(CCCS(C)(=O)=O)NCC. The number of nitrogens with one attached hydrogen (secondary N) is 1. The molecule has 1 N–H and O–H groups in total. The van der Waals surface area contributed by atoms with Crippen LogP contribution < -0.4 is 5.32 Å². The Morgan fingerprint density at radius 3 is 2.68 bits per heavy atom. The van der Waals surface area contributed by atoms with Gasteiger partial charge in [0.15, 0.2) is 0 Å². The third-order valence-corrected chi connectivity index (χ3v) is 4.76. The highest BCUT2D eigenvalue weighted by Gasteiger charge is 2.18. The van der Waals surface area contributed by atoms with Crippen molar-refractivity contribution in [1.82, 2.24) is 14.9 Å². The molecule has 0 amide bonds. The van der Waals surface area contributed by atoms with Gasteiger partial charge in [-0.05, 0) is 37.3 Å². The quantitative estimate of drug-likeness (QED) is 0.755. The van der Waals surface area contributed by atoms with E-state index in [1.54, 1.807) is 0 Å². The van der Waals surface area contributed by atoms with Crippen molar-refractivity contribution in [2.75, 3.05) is 18.6 Å². The predicted octanol–water partition coefficient (Wildman–Crippen LogP) is 1.97. The van der Waals surface area contributed by atoms with Gasteiger partial charge in [-0.3, -0.25) is 0 Å². The first-order valence-corrected chi connectivity index (χ1v) is 9.53. The lowest BCUT2D eigenvalue weighted by atomic mass is 10.1. The van der Waals surface area contributed by atoms with Gasteiger partial charge in [0.1, 0.15) is 9.84 Å². The number of hydrogen-bond donors (Lipinski definition) is 1. The topological polar surface area (TPSA) is 72.0 Å². The Bertz CT molecular complexity index is 471. The highest BCUT2D eigenvalue weighted by Crippen LogP contribution is 2.25. The van der Waals surface area contributed by atoms with Crippen molar-refractivity contribution in [3.8, 4) is 0 Å². The van der Waals surface area contributed by atoms with E-state index in [2.05, 4.69) is 28.8 Å². The van der Waals surface area contributed by atoms with Crippen LogP contribution in [0.25, 0.3) is 0 Å². The van der Waals surface area contributed by atoms with Gasteiger partial charge >= 0.3 is 0 Å². The van der Waals surface area contributed by atoms with Crippen LogP contribution in [0.3, 0.4) is 0 Å². The zero-order valence-corrected chi connectivity index (χ0v) is 13.5. The molecule has 1 atom stereocenters. The first kappa shape index (κ1) is 16.5. The van der Waals surface area contributed by atoms with Crippen molar-refractivity contribution < 1.29 is 8.42 Å². The Morgan fingerprint density at radius 1 is 1.37 bits per heavy atom. The standard InChI is InChI=1S/C12H23N3O2S2/c1-4-7-11-12(18-15-14-11)10(13-5-2)8-6-9-19(3,16)17/h10,13H,4-9H2,1-3H3. The Labute approximate surface area is 119 Å². The third kappa shape index (κ3) is 5.97. The van der Waals surface area contributed by atoms with E-state index in [0.717, 1.165) is 36.4 Å². The van der Waals surface area contributed by atoms with Gasteiger partial charge in [0, 0.05) is 18.1 Å². The monoisotopic (exact) mass is 305 g/mol. The van der Waals surface area contributed by atoms with Crippen molar-refractivity contribution in [2.24, 2.45) is 0 Å². The molecule has 0 bridgehead atoms. The molecule has 110 valence electrons. The van der Waals surface area contributed by atoms with Crippen LogP contribution in [0.5, 0.6) is 0 Å². The van der Waals surface area contributed by atoms with Crippen LogP contribution >= 0.6 is 11.5 Å². The van der Waals surface area contributed by atoms with Crippen LogP contribution in [0.15, 0.2) is 0 Å². The molecular formula is C12H23N3O2S2. The Kier molecular flexibility index (Phi) is 6.88. The number of sulfone groups is 1. The zero-order valence-electron chi connectivity index (χ0n) is 11.8. The average molecular weight is 305 g/mol. The summed E-state index contributed by atoms with van der Waals surface area (Å²) in [6.07, 6.45) is 4.73. The van der Waals surface area contributed by atoms with Crippen LogP contribution in [-0.4, -0.2) is 36.6 Å². The van der Waals surface area contributed by atoms with Crippen molar-refractivity contribution in [2.45, 2.75) is 45.6 Å². The van der Waals surface area contributed by atoms with Gasteiger partial charge in [-0.25, -0.2) is 8.42 Å². The summed E-state index contributed by atoms with van der Waals surface area (Å²) < 4.78 is 26.4. The van der Waals surface area contributed by atoms with E-state index < -0.39 is 9.84 Å². The summed E-state index contributed by atoms with van der Waals surface area (Å²) in [5.74, 6) is 0.240. The molecule has 1 unspecified atom stereocenters. The molecule has 1 aromatic heterocycles. The zero-order chi connectivity index (χ0) is 14.3. The lowest BCUT2D eigenvalue weighted by molar-refractivity contribution is 0.509. The minimum absolute atomic E-state index is 0.174. The van der Waals surface area contributed by atoms with E-state index in [1.165, 1.54) is 17.8 Å². The highest BCUT2D eigenvalue weighted by atomic mass is 32.2. The van der Waals surface area contributed by atoms with Crippen molar-refractivity contribution in [3.63, 3.8) is 0 Å². The summed E-state index contributed by atoms with van der Waals surface area (Å²) in [6, 6.07) is 0.174. The van der Waals surface area contributed by atoms with Gasteiger partial charge in [-0.15, -0.1) is 5.10 Å². The molecule has 1 aromatic rings. The number of hydrogen-bond acceptors (Lipinski definition) is 6. The highest BCUT2D eigenvalue weighted by molar-refractivity contribution is 7.90. The fourth-order valence-electron chi connectivity index (χ4n) is 2.01. The average Bonchev–Trinajstić information content (AvgIpc) is 2.75. The molecule has 0 spiro atoms. The molecule has 0 fully saturated rings. The first-order valence-electron chi connectivity index (χ1n) is 6.70.